The van der Waals surface area contributed by atoms with Gasteiger partial charge in [-0.25, -0.2) is 0 Å². The highest BCUT2D eigenvalue weighted by Crippen LogP contribution is 2.29. The van der Waals surface area contributed by atoms with Gasteiger partial charge in [0.2, 0.25) is 5.91 Å². The molecule has 0 bridgehead atoms. The zero-order valence-electron chi connectivity index (χ0n) is 12.8. The van der Waals surface area contributed by atoms with Crippen LogP contribution in [0.5, 0.6) is 0 Å². The molecule has 1 aliphatic heterocycles. The summed E-state index contributed by atoms with van der Waals surface area (Å²) in [7, 11) is 0. The maximum absolute atomic E-state index is 12.5. The minimum atomic E-state index is -4.36. The molecule has 1 saturated heterocycles. The van der Waals surface area contributed by atoms with Gasteiger partial charge in [0.1, 0.15) is 0 Å². The average molecular weight is 314 g/mol. The summed E-state index contributed by atoms with van der Waals surface area (Å²) >= 11 is 0. The SMILES string of the molecule is CC1CCN([C@H](C)C(=O)Nc2ccc(C(F)(F)F)cc2)CC1. The largest absolute Gasteiger partial charge is 0.416 e. The van der Waals surface area contributed by atoms with E-state index in [0.717, 1.165) is 38.1 Å². The summed E-state index contributed by atoms with van der Waals surface area (Å²) in [4.78, 5) is 14.3. The van der Waals surface area contributed by atoms with Crippen molar-refractivity contribution in [3.63, 3.8) is 0 Å². The van der Waals surface area contributed by atoms with Crippen LogP contribution in [-0.2, 0) is 11.0 Å². The summed E-state index contributed by atoms with van der Waals surface area (Å²) in [5.74, 6) is 0.496. The molecule has 6 heteroatoms. The van der Waals surface area contributed by atoms with Crippen molar-refractivity contribution in [3.05, 3.63) is 29.8 Å². The van der Waals surface area contributed by atoms with Crippen LogP contribution in [0.2, 0.25) is 0 Å². The van der Waals surface area contributed by atoms with Crippen LogP contribution in [0.4, 0.5) is 18.9 Å². The Kier molecular flexibility index (Phi) is 5.11. The molecule has 122 valence electrons. The second kappa shape index (κ2) is 6.69. The number of carbonyl (C=O) groups is 1. The number of carbonyl (C=O) groups excluding carboxylic acids is 1. The van der Waals surface area contributed by atoms with E-state index in [0.29, 0.717) is 11.6 Å². The number of nitrogens with one attached hydrogen (secondary N) is 1. The van der Waals surface area contributed by atoms with Crippen LogP contribution in [0.1, 0.15) is 32.3 Å². The van der Waals surface area contributed by atoms with E-state index in [-0.39, 0.29) is 11.9 Å². The molecular weight excluding hydrogens is 293 g/mol. The fourth-order valence-corrected chi connectivity index (χ4v) is 2.57. The van der Waals surface area contributed by atoms with Crippen LogP contribution >= 0.6 is 0 Å². The van der Waals surface area contributed by atoms with Crippen molar-refractivity contribution < 1.29 is 18.0 Å². The van der Waals surface area contributed by atoms with Gasteiger partial charge in [-0.15, -0.1) is 0 Å². The number of halogens is 3. The smallest absolute Gasteiger partial charge is 0.325 e. The van der Waals surface area contributed by atoms with Crippen LogP contribution in [0.3, 0.4) is 0 Å². The van der Waals surface area contributed by atoms with E-state index in [4.69, 9.17) is 0 Å². The molecule has 0 aromatic heterocycles. The van der Waals surface area contributed by atoms with Crippen LogP contribution in [0, 0.1) is 5.92 Å². The maximum Gasteiger partial charge on any atom is 0.416 e. The first kappa shape index (κ1) is 16.8. The molecular formula is C16H21F3N2O. The van der Waals surface area contributed by atoms with E-state index in [9.17, 15) is 18.0 Å². The second-order valence-electron chi connectivity index (χ2n) is 5.96. The van der Waals surface area contributed by atoms with E-state index in [1.165, 1.54) is 12.1 Å². The van der Waals surface area contributed by atoms with Gasteiger partial charge in [-0.1, -0.05) is 6.92 Å². The van der Waals surface area contributed by atoms with Crippen molar-refractivity contribution in [2.45, 2.75) is 38.9 Å². The second-order valence-corrected chi connectivity index (χ2v) is 5.96. The predicted molar refractivity (Wildman–Crippen MR) is 79.5 cm³/mol. The number of anilines is 1. The molecule has 1 aromatic carbocycles. The third kappa shape index (κ3) is 4.22. The van der Waals surface area contributed by atoms with Crippen molar-refractivity contribution in [2.75, 3.05) is 18.4 Å². The number of hydrogen-bond acceptors (Lipinski definition) is 2. The topological polar surface area (TPSA) is 32.3 Å². The lowest BCUT2D eigenvalue weighted by molar-refractivity contribution is -0.137. The number of likely N-dealkylation sites (tertiary alicyclic amines) is 1. The Morgan fingerprint density at radius 2 is 1.77 bits per heavy atom. The number of alkyl halides is 3. The Morgan fingerprint density at radius 3 is 2.27 bits per heavy atom. The van der Waals surface area contributed by atoms with Gasteiger partial charge >= 0.3 is 6.18 Å². The number of rotatable bonds is 3. The van der Waals surface area contributed by atoms with E-state index in [2.05, 4.69) is 17.1 Å². The highest BCUT2D eigenvalue weighted by atomic mass is 19.4. The third-order valence-corrected chi connectivity index (χ3v) is 4.23. The highest BCUT2D eigenvalue weighted by Gasteiger charge is 2.30. The van der Waals surface area contributed by atoms with E-state index in [1.54, 1.807) is 0 Å². The Balaban J connectivity index is 1.94. The Labute approximate surface area is 128 Å². The molecule has 1 aromatic rings. The van der Waals surface area contributed by atoms with Gasteiger partial charge in [-0.3, -0.25) is 9.69 Å². The number of hydrogen-bond donors (Lipinski definition) is 1. The summed E-state index contributed by atoms with van der Waals surface area (Å²) in [6.45, 7) is 5.78. The summed E-state index contributed by atoms with van der Waals surface area (Å²) in [5, 5.41) is 2.68. The third-order valence-electron chi connectivity index (χ3n) is 4.23. The van der Waals surface area contributed by atoms with Gasteiger partial charge in [-0.05, 0) is 63.0 Å². The monoisotopic (exact) mass is 314 g/mol. The van der Waals surface area contributed by atoms with Gasteiger partial charge in [0.15, 0.2) is 0 Å². The van der Waals surface area contributed by atoms with E-state index < -0.39 is 11.7 Å². The van der Waals surface area contributed by atoms with Crippen molar-refractivity contribution >= 4 is 11.6 Å². The van der Waals surface area contributed by atoms with Gasteiger partial charge in [0, 0.05) is 5.69 Å². The summed E-state index contributed by atoms with van der Waals surface area (Å²) in [6, 6.07) is 4.23. The first-order chi connectivity index (χ1) is 10.3. The Morgan fingerprint density at radius 1 is 1.23 bits per heavy atom. The minimum Gasteiger partial charge on any atom is -0.325 e. The highest BCUT2D eigenvalue weighted by molar-refractivity contribution is 5.94. The number of nitrogens with zero attached hydrogens (tertiary/aromatic N) is 1. The van der Waals surface area contributed by atoms with Crippen LogP contribution in [-0.4, -0.2) is 29.9 Å². The fourth-order valence-electron chi connectivity index (χ4n) is 2.57. The van der Waals surface area contributed by atoms with E-state index in [1.807, 2.05) is 6.92 Å². The quantitative estimate of drug-likeness (QED) is 0.921. The van der Waals surface area contributed by atoms with Gasteiger partial charge < -0.3 is 5.32 Å². The van der Waals surface area contributed by atoms with Crippen molar-refractivity contribution in [3.8, 4) is 0 Å². The molecule has 0 aliphatic carbocycles. The molecule has 1 atom stereocenters. The molecule has 1 amide bonds. The molecule has 0 spiro atoms. The Bertz CT molecular complexity index is 505. The average Bonchev–Trinajstić information content (AvgIpc) is 2.47. The molecule has 1 fully saturated rings. The number of piperidine rings is 1. The van der Waals surface area contributed by atoms with Crippen LogP contribution in [0.15, 0.2) is 24.3 Å². The zero-order chi connectivity index (χ0) is 16.3. The number of benzene rings is 1. The van der Waals surface area contributed by atoms with Gasteiger partial charge in [-0.2, -0.15) is 13.2 Å². The van der Waals surface area contributed by atoms with Gasteiger partial charge in [0.25, 0.3) is 0 Å². The normalized spacial score (nSPS) is 19.0. The molecule has 0 saturated carbocycles. The lowest BCUT2D eigenvalue weighted by Crippen LogP contribution is -2.45. The predicted octanol–water partition coefficient (Wildman–Crippen LogP) is 3.76. The molecule has 3 nitrogen and oxygen atoms in total. The minimum absolute atomic E-state index is 0.186. The summed E-state index contributed by atoms with van der Waals surface area (Å²) in [5.41, 5.74) is -0.334. The Hall–Kier alpha value is -1.56. The van der Waals surface area contributed by atoms with Crippen molar-refractivity contribution in [1.29, 1.82) is 0 Å². The molecule has 22 heavy (non-hydrogen) atoms. The number of amides is 1. The maximum atomic E-state index is 12.5. The lowest BCUT2D eigenvalue weighted by Gasteiger charge is -2.34. The standard InChI is InChI=1S/C16H21F3N2O/c1-11-7-9-21(10-8-11)12(2)15(22)20-14-5-3-13(4-6-14)16(17,18)19/h3-6,11-12H,7-10H2,1-2H3,(H,20,22)/t12-/m1/s1. The fraction of sp³-hybridized carbons (Fsp3) is 0.562. The zero-order valence-corrected chi connectivity index (χ0v) is 12.8. The molecule has 0 radical (unpaired) electrons. The van der Waals surface area contributed by atoms with Crippen molar-refractivity contribution in [2.24, 2.45) is 5.92 Å². The van der Waals surface area contributed by atoms with Crippen LogP contribution in [0.25, 0.3) is 0 Å². The van der Waals surface area contributed by atoms with E-state index >= 15 is 0 Å². The molecule has 2 rings (SSSR count). The molecule has 1 heterocycles. The van der Waals surface area contributed by atoms with Gasteiger partial charge in [0.05, 0.1) is 11.6 Å². The molecule has 1 N–H and O–H groups in total. The summed E-state index contributed by atoms with van der Waals surface area (Å²) in [6.07, 6.45) is -2.23. The van der Waals surface area contributed by atoms with Crippen LogP contribution < -0.4 is 5.32 Å². The first-order valence-electron chi connectivity index (χ1n) is 7.49. The molecule has 1 aliphatic rings. The molecule has 0 unspecified atom stereocenters. The van der Waals surface area contributed by atoms with Crippen molar-refractivity contribution in [1.82, 2.24) is 4.90 Å². The lowest BCUT2D eigenvalue weighted by atomic mass is 9.98. The summed E-state index contributed by atoms with van der Waals surface area (Å²) < 4.78 is 37.5. The first-order valence-corrected chi connectivity index (χ1v) is 7.49.